The summed E-state index contributed by atoms with van der Waals surface area (Å²) in [5.41, 5.74) is 8.04. The zero-order valence-corrected chi connectivity index (χ0v) is 41.4. The molecule has 0 saturated carbocycles. The molecule has 6 aromatic heterocycles. The zero-order valence-electron chi connectivity index (χ0n) is 39.8. The number of rotatable bonds is 18. The number of aromatic nitrogens is 8. The number of fused-ring (bicyclic) bond motifs is 6. The fourth-order valence-corrected chi connectivity index (χ4v) is 10.2. The molecule has 0 radical (unpaired) electrons. The molecule has 20 heteroatoms. The highest BCUT2D eigenvalue weighted by atomic mass is 35.5. The van der Waals surface area contributed by atoms with Gasteiger partial charge in [-0.1, -0.05) is 35.0 Å². The van der Waals surface area contributed by atoms with Crippen LogP contribution >= 0.6 is 22.9 Å². The third-order valence-electron chi connectivity index (χ3n) is 12.5. The van der Waals surface area contributed by atoms with E-state index < -0.39 is 12.1 Å². The van der Waals surface area contributed by atoms with E-state index in [0.717, 1.165) is 49.2 Å². The predicted octanol–water partition coefficient (Wildman–Crippen LogP) is 7.10. The quantitative estimate of drug-likeness (QED) is 0.0826. The summed E-state index contributed by atoms with van der Waals surface area (Å²) in [5, 5.41) is 21.1. The number of hydrogen-bond donors (Lipinski definition) is 2. The molecule has 0 bridgehead atoms. The summed E-state index contributed by atoms with van der Waals surface area (Å²) in [6, 6.07) is 15.8. The molecule has 7 heterocycles. The molecule has 1 aliphatic rings. The van der Waals surface area contributed by atoms with E-state index >= 15 is 0 Å². The highest BCUT2D eigenvalue weighted by molar-refractivity contribution is 7.15. The number of aryl methyl sites for hydroxylation is 4. The number of aliphatic imine (C=N–C) groups is 1. The first-order valence-electron chi connectivity index (χ1n) is 22.8. The largest absolute Gasteiger partial charge is 0.496 e. The number of carbonyl (C=O) groups excluding carboxylic acids is 2. The summed E-state index contributed by atoms with van der Waals surface area (Å²) < 4.78 is 27.9. The molecule has 9 rings (SSSR count). The van der Waals surface area contributed by atoms with E-state index in [0.29, 0.717) is 55.7 Å². The maximum atomic E-state index is 14.4. The van der Waals surface area contributed by atoms with Gasteiger partial charge in [0.25, 0.3) is 0 Å². The number of hydrogen-bond acceptors (Lipinski definition) is 14. The van der Waals surface area contributed by atoms with Crippen LogP contribution in [0, 0.1) is 34.6 Å². The van der Waals surface area contributed by atoms with Crippen molar-refractivity contribution in [3.8, 4) is 21.9 Å². The van der Waals surface area contributed by atoms with Crippen molar-refractivity contribution in [2.75, 3.05) is 46.6 Å². The summed E-state index contributed by atoms with van der Waals surface area (Å²) in [6.45, 7) is 12.9. The van der Waals surface area contributed by atoms with Gasteiger partial charge < -0.3 is 29.4 Å². The second-order valence-corrected chi connectivity index (χ2v) is 18.6. The molecular formula is C50H52ClN11O7S. The molecule has 2 amide bonds. The summed E-state index contributed by atoms with van der Waals surface area (Å²) in [6.07, 6.45) is 3.36. The Hall–Kier alpha value is -7.06. The molecule has 0 fully saturated rings. The third-order valence-corrected chi connectivity index (χ3v) is 13.9. The van der Waals surface area contributed by atoms with Crippen LogP contribution in [0.2, 0.25) is 5.02 Å². The average Bonchev–Trinajstić information content (AvgIpc) is 4.05. The minimum atomic E-state index is -0.583. The summed E-state index contributed by atoms with van der Waals surface area (Å²) in [7, 11) is 1.58. The Morgan fingerprint density at radius 3 is 2.34 bits per heavy atom. The number of ether oxygens (including phenoxy) is 3. The molecule has 0 spiro atoms. The third kappa shape index (κ3) is 9.36. The maximum absolute atomic E-state index is 14.4. The van der Waals surface area contributed by atoms with E-state index in [9.17, 15) is 14.4 Å². The molecule has 362 valence electrons. The van der Waals surface area contributed by atoms with E-state index in [1.807, 2.05) is 86.9 Å². The van der Waals surface area contributed by atoms with E-state index in [1.165, 1.54) is 4.57 Å². The lowest BCUT2D eigenvalue weighted by atomic mass is 9.99. The number of thiophene rings is 1. The van der Waals surface area contributed by atoms with Crippen molar-refractivity contribution in [2.45, 2.75) is 66.6 Å². The van der Waals surface area contributed by atoms with Crippen molar-refractivity contribution in [3.63, 3.8) is 0 Å². The Bertz CT molecular complexity index is 3320. The van der Waals surface area contributed by atoms with E-state index in [1.54, 1.807) is 35.4 Å². The van der Waals surface area contributed by atoms with Gasteiger partial charge in [-0.25, -0.2) is 4.79 Å². The van der Waals surface area contributed by atoms with Crippen molar-refractivity contribution in [1.82, 2.24) is 49.7 Å². The van der Waals surface area contributed by atoms with Gasteiger partial charge in [-0.05, 0) is 83.5 Å². The lowest BCUT2D eigenvalue weighted by Gasteiger charge is -2.15. The number of pyridine rings is 2. The minimum Gasteiger partial charge on any atom is -0.496 e. The highest BCUT2D eigenvalue weighted by Gasteiger charge is 2.33. The molecule has 8 aromatic rings. The minimum absolute atomic E-state index is 0.0624. The Morgan fingerprint density at radius 1 is 0.914 bits per heavy atom. The lowest BCUT2D eigenvalue weighted by Crippen LogP contribution is -2.35. The van der Waals surface area contributed by atoms with Crippen LogP contribution in [0.15, 0.2) is 81.3 Å². The van der Waals surface area contributed by atoms with Crippen molar-refractivity contribution < 1.29 is 28.3 Å². The van der Waals surface area contributed by atoms with Gasteiger partial charge in [0.2, 0.25) is 11.8 Å². The van der Waals surface area contributed by atoms with Crippen LogP contribution in [0.5, 0.6) is 5.75 Å². The maximum Gasteiger partial charge on any atom is 0.330 e. The summed E-state index contributed by atoms with van der Waals surface area (Å²) >= 11 is 7.90. The molecule has 2 unspecified atom stereocenters. The van der Waals surface area contributed by atoms with Crippen molar-refractivity contribution in [2.24, 2.45) is 4.99 Å². The van der Waals surface area contributed by atoms with Crippen molar-refractivity contribution >= 4 is 62.4 Å². The molecular weight excluding hydrogens is 934 g/mol. The van der Waals surface area contributed by atoms with E-state index in [4.69, 9.17) is 40.3 Å². The number of methoxy groups -OCH3 is 1. The van der Waals surface area contributed by atoms with Gasteiger partial charge >= 0.3 is 5.69 Å². The van der Waals surface area contributed by atoms with Gasteiger partial charge in [-0.3, -0.25) is 38.3 Å². The molecule has 2 N–H and O–H groups in total. The van der Waals surface area contributed by atoms with Crippen molar-refractivity contribution in [3.05, 3.63) is 133 Å². The van der Waals surface area contributed by atoms with Gasteiger partial charge in [0, 0.05) is 51.3 Å². The average molecular weight is 987 g/mol. The second-order valence-electron chi connectivity index (χ2n) is 17.0. The lowest BCUT2D eigenvalue weighted by molar-refractivity contribution is -0.122. The normalized spacial score (nSPS) is 13.8. The van der Waals surface area contributed by atoms with Crippen LogP contribution in [0.1, 0.15) is 75.8 Å². The van der Waals surface area contributed by atoms with Crippen LogP contribution in [-0.2, 0) is 25.6 Å². The fraction of sp³-hybridized carbons (Fsp3) is 0.340. The molecule has 2 aromatic carbocycles. The molecule has 2 atom stereocenters. The molecule has 70 heavy (non-hydrogen) atoms. The SMILES string of the molecule is COc1cc2c(cc1-c1c(C)noc1C)ncc1c2n(C(C)c2ccccn2)c(=O)n1CC(=O)NCCOCCOCCNC(=O)CC1N=C(c2ccc(Cl)cc2)c2c(sc(C)c2C)-n2c(C)nnc21. The summed E-state index contributed by atoms with van der Waals surface area (Å²) in [4.78, 5) is 56.8. The van der Waals surface area contributed by atoms with Crippen LogP contribution in [0.25, 0.3) is 38.1 Å². The predicted molar refractivity (Wildman–Crippen MR) is 267 cm³/mol. The van der Waals surface area contributed by atoms with Crippen LogP contribution in [0.4, 0.5) is 0 Å². The smallest absolute Gasteiger partial charge is 0.330 e. The monoisotopic (exact) mass is 985 g/mol. The first kappa shape index (κ1) is 48.0. The number of carbonyl (C=O) groups is 2. The van der Waals surface area contributed by atoms with Gasteiger partial charge in [0.15, 0.2) is 5.82 Å². The molecule has 0 saturated heterocycles. The van der Waals surface area contributed by atoms with Gasteiger partial charge in [0.1, 0.15) is 34.9 Å². The van der Waals surface area contributed by atoms with Crippen LogP contribution < -0.4 is 21.1 Å². The standard InChI is InChI=1S/C50H52ClN11O7S/c1-27-31(5)70-49-44(27)46(33-11-13-34(51)14-12-33)56-39(48-58-57-32(6)62(48)49)24-42(63)53-16-18-67-20-21-68-19-17-54-43(64)26-60-40-25-55-38-22-36(45-28(2)59-69-30(45)4)41(66-7)23-35(38)47(40)61(50(60)65)29(3)37-10-8-9-15-52-37/h8-15,22-23,25,29,39H,16-21,24,26H2,1-7H3,(H,53,63)(H,54,64). The topological polar surface area (TPSA) is 208 Å². The van der Waals surface area contributed by atoms with E-state index in [-0.39, 0.29) is 70.0 Å². The van der Waals surface area contributed by atoms with Gasteiger partial charge in [-0.2, -0.15) is 0 Å². The highest BCUT2D eigenvalue weighted by Crippen LogP contribution is 2.41. The molecule has 0 aliphatic carbocycles. The number of nitrogens with zero attached hydrogens (tertiary/aromatic N) is 9. The van der Waals surface area contributed by atoms with Gasteiger partial charge in [-0.15, -0.1) is 21.5 Å². The number of amides is 2. The van der Waals surface area contributed by atoms with Crippen LogP contribution in [-0.4, -0.2) is 103 Å². The number of imidazole rings is 1. The first-order valence-corrected chi connectivity index (χ1v) is 24.0. The summed E-state index contributed by atoms with van der Waals surface area (Å²) in [5.74, 6) is 1.94. The Balaban J connectivity index is 0.784. The first-order chi connectivity index (χ1) is 33.8. The zero-order chi connectivity index (χ0) is 49.2. The van der Waals surface area contributed by atoms with Gasteiger partial charge in [0.05, 0.1) is 91.4 Å². The number of benzene rings is 2. The van der Waals surface area contributed by atoms with E-state index in [2.05, 4.69) is 44.8 Å². The fourth-order valence-electron chi connectivity index (χ4n) is 8.90. The molecule has 1 aliphatic heterocycles. The number of nitrogens with one attached hydrogen (secondary N) is 2. The van der Waals surface area contributed by atoms with Crippen molar-refractivity contribution in [1.29, 1.82) is 0 Å². The van der Waals surface area contributed by atoms with Crippen LogP contribution in [0.3, 0.4) is 0 Å². The second kappa shape index (κ2) is 20.5. The Kier molecular flexibility index (Phi) is 14.0. The Labute approximate surface area is 411 Å². The Morgan fingerprint density at radius 2 is 1.66 bits per heavy atom. The number of halogens is 1. The molecule has 18 nitrogen and oxygen atoms in total.